The highest BCUT2D eigenvalue weighted by Crippen LogP contribution is 2.20. The summed E-state index contributed by atoms with van der Waals surface area (Å²) >= 11 is 7.66. The third kappa shape index (κ3) is 6.49. The van der Waals surface area contributed by atoms with Gasteiger partial charge in [0, 0.05) is 38.1 Å². The van der Waals surface area contributed by atoms with Gasteiger partial charge < -0.3 is 10.1 Å². The predicted molar refractivity (Wildman–Crippen MR) is 125 cm³/mol. The highest BCUT2D eigenvalue weighted by molar-refractivity contribution is 7.09. The van der Waals surface area contributed by atoms with Crippen molar-refractivity contribution in [3.63, 3.8) is 0 Å². The maximum Gasteiger partial charge on any atom is 0.238 e. The van der Waals surface area contributed by atoms with Crippen LogP contribution in [0.15, 0.2) is 53.9 Å². The molecule has 0 spiro atoms. The van der Waals surface area contributed by atoms with E-state index >= 15 is 0 Å². The van der Waals surface area contributed by atoms with Crippen molar-refractivity contribution in [1.82, 2.24) is 14.8 Å². The Hall–Kier alpha value is -2.52. The molecule has 1 aromatic heterocycles. The summed E-state index contributed by atoms with van der Waals surface area (Å²) in [4.78, 5) is 21.5. The number of rotatable bonds is 8. The van der Waals surface area contributed by atoms with Gasteiger partial charge in [-0.2, -0.15) is 0 Å². The van der Waals surface area contributed by atoms with Crippen LogP contribution >= 0.6 is 22.9 Å². The number of nitrogens with zero attached hydrogens (tertiary/aromatic N) is 3. The number of halogens is 2. The minimum atomic E-state index is -0.282. The van der Waals surface area contributed by atoms with Gasteiger partial charge in [0.05, 0.1) is 22.9 Å². The van der Waals surface area contributed by atoms with Gasteiger partial charge in [0.2, 0.25) is 5.91 Å². The first-order valence-corrected chi connectivity index (χ1v) is 11.6. The maximum atomic E-state index is 13.0. The van der Waals surface area contributed by atoms with E-state index in [0.29, 0.717) is 29.6 Å². The molecule has 3 aromatic rings. The van der Waals surface area contributed by atoms with Crippen molar-refractivity contribution >= 4 is 34.5 Å². The molecule has 0 saturated carbocycles. The van der Waals surface area contributed by atoms with E-state index in [-0.39, 0.29) is 11.7 Å². The number of anilines is 1. The van der Waals surface area contributed by atoms with Crippen LogP contribution in [0.2, 0.25) is 5.02 Å². The van der Waals surface area contributed by atoms with Crippen molar-refractivity contribution in [3.05, 3.63) is 75.5 Å². The van der Waals surface area contributed by atoms with Crippen LogP contribution in [-0.2, 0) is 17.9 Å². The van der Waals surface area contributed by atoms with Crippen LogP contribution in [0, 0.1) is 5.82 Å². The number of carbonyl (C=O) groups excluding carboxylic acids is 1. The lowest BCUT2D eigenvalue weighted by atomic mass is 10.3. The van der Waals surface area contributed by atoms with Crippen LogP contribution in [0.4, 0.5) is 10.1 Å². The molecule has 4 rings (SSSR count). The van der Waals surface area contributed by atoms with Gasteiger partial charge in [-0.1, -0.05) is 23.7 Å². The zero-order valence-corrected chi connectivity index (χ0v) is 19.0. The molecule has 2 heterocycles. The van der Waals surface area contributed by atoms with Crippen LogP contribution in [0.3, 0.4) is 0 Å². The highest BCUT2D eigenvalue weighted by atomic mass is 35.5. The molecule has 9 heteroatoms. The molecule has 0 radical (unpaired) electrons. The Morgan fingerprint density at radius 1 is 1.09 bits per heavy atom. The van der Waals surface area contributed by atoms with Gasteiger partial charge in [-0.3, -0.25) is 14.6 Å². The first-order valence-electron chi connectivity index (χ1n) is 10.4. The molecule has 1 fully saturated rings. The van der Waals surface area contributed by atoms with E-state index in [0.717, 1.165) is 43.4 Å². The Morgan fingerprint density at radius 2 is 1.81 bits per heavy atom. The minimum Gasteiger partial charge on any atom is -0.486 e. The van der Waals surface area contributed by atoms with Gasteiger partial charge in [0.1, 0.15) is 23.2 Å². The zero-order valence-electron chi connectivity index (χ0n) is 17.5. The Balaban J connectivity index is 1.18. The molecule has 0 bridgehead atoms. The van der Waals surface area contributed by atoms with Crippen LogP contribution < -0.4 is 10.1 Å². The number of nitrogens with one attached hydrogen (secondary N) is 1. The Bertz CT molecular complexity index is 1040. The number of para-hydroxylation sites is 1. The summed E-state index contributed by atoms with van der Waals surface area (Å²) in [7, 11) is 0. The van der Waals surface area contributed by atoms with Gasteiger partial charge in [-0.15, -0.1) is 11.3 Å². The molecular formula is C23H24ClFN4O2S. The molecule has 32 heavy (non-hydrogen) atoms. The molecule has 1 saturated heterocycles. The molecule has 1 N–H and O–H groups in total. The fourth-order valence-corrected chi connectivity index (χ4v) is 4.33. The van der Waals surface area contributed by atoms with E-state index in [9.17, 15) is 9.18 Å². The number of ether oxygens (including phenoxy) is 1. The van der Waals surface area contributed by atoms with E-state index in [1.54, 1.807) is 35.6 Å². The topological polar surface area (TPSA) is 57.7 Å². The summed E-state index contributed by atoms with van der Waals surface area (Å²) in [6.07, 6.45) is 0. The Kier molecular flexibility index (Phi) is 7.70. The number of thiazole rings is 1. The van der Waals surface area contributed by atoms with Gasteiger partial charge in [-0.05, 0) is 36.4 Å². The lowest BCUT2D eigenvalue weighted by Crippen LogP contribution is -2.48. The number of hydrogen-bond acceptors (Lipinski definition) is 6. The van der Waals surface area contributed by atoms with Crippen molar-refractivity contribution in [2.75, 3.05) is 38.0 Å². The molecule has 2 aromatic carbocycles. The van der Waals surface area contributed by atoms with Crippen molar-refractivity contribution in [1.29, 1.82) is 0 Å². The van der Waals surface area contributed by atoms with Gasteiger partial charge in [0.25, 0.3) is 0 Å². The summed E-state index contributed by atoms with van der Waals surface area (Å²) in [5.74, 6) is 0.282. The molecule has 0 unspecified atom stereocenters. The number of piperazine rings is 1. The monoisotopic (exact) mass is 474 g/mol. The molecule has 0 atom stereocenters. The second-order valence-electron chi connectivity index (χ2n) is 7.56. The van der Waals surface area contributed by atoms with E-state index in [1.807, 2.05) is 17.5 Å². The zero-order chi connectivity index (χ0) is 22.3. The smallest absolute Gasteiger partial charge is 0.238 e. The molecule has 1 aliphatic heterocycles. The van der Waals surface area contributed by atoms with E-state index in [4.69, 9.17) is 16.3 Å². The second kappa shape index (κ2) is 10.9. The van der Waals surface area contributed by atoms with E-state index in [1.165, 1.54) is 12.1 Å². The van der Waals surface area contributed by atoms with E-state index in [2.05, 4.69) is 20.1 Å². The van der Waals surface area contributed by atoms with Gasteiger partial charge in [0.15, 0.2) is 0 Å². The maximum absolute atomic E-state index is 13.0. The lowest BCUT2D eigenvalue weighted by Gasteiger charge is -2.33. The van der Waals surface area contributed by atoms with Crippen molar-refractivity contribution in [2.45, 2.75) is 13.2 Å². The van der Waals surface area contributed by atoms with Crippen LogP contribution in [0.25, 0.3) is 0 Å². The Morgan fingerprint density at radius 3 is 2.56 bits per heavy atom. The fourth-order valence-electron chi connectivity index (χ4n) is 3.45. The van der Waals surface area contributed by atoms with Gasteiger partial charge >= 0.3 is 0 Å². The Labute approximate surface area is 195 Å². The number of hydrogen-bond donors (Lipinski definition) is 1. The third-order valence-corrected chi connectivity index (χ3v) is 6.34. The van der Waals surface area contributed by atoms with Gasteiger partial charge in [-0.25, -0.2) is 9.37 Å². The SMILES string of the molecule is O=C(CN1CCN(Cc2csc(COc3ccc(F)cc3)n2)CC1)Nc1ccccc1Cl. The first-order chi connectivity index (χ1) is 15.5. The number of aromatic nitrogens is 1. The van der Waals surface area contributed by atoms with Crippen molar-refractivity contribution in [3.8, 4) is 5.75 Å². The van der Waals surface area contributed by atoms with Crippen LogP contribution in [0.1, 0.15) is 10.7 Å². The first kappa shape index (κ1) is 22.7. The molecule has 168 valence electrons. The largest absolute Gasteiger partial charge is 0.486 e. The molecule has 1 aliphatic rings. The summed E-state index contributed by atoms with van der Waals surface area (Å²) in [6, 6.07) is 13.2. The minimum absolute atomic E-state index is 0.0585. The fraction of sp³-hybridized carbons (Fsp3) is 0.304. The lowest BCUT2D eigenvalue weighted by molar-refractivity contribution is -0.117. The molecule has 1 amide bonds. The van der Waals surface area contributed by atoms with E-state index < -0.39 is 0 Å². The third-order valence-electron chi connectivity index (χ3n) is 5.14. The summed E-state index contributed by atoms with van der Waals surface area (Å²) in [5, 5.41) is 6.35. The average molecular weight is 475 g/mol. The standard InChI is InChI=1S/C23H24ClFN4O2S/c24-20-3-1-2-4-21(20)27-22(30)14-29-11-9-28(10-12-29)13-18-16-32-23(26-18)15-31-19-7-5-17(25)6-8-19/h1-8,16H,9-15H2,(H,27,30). The number of carbonyl (C=O) groups is 1. The predicted octanol–water partition coefficient (Wildman–Crippen LogP) is 4.27. The second-order valence-corrected chi connectivity index (χ2v) is 8.91. The molecule has 0 aliphatic carbocycles. The average Bonchev–Trinajstić information content (AvgIpc) is 3.24. The number of amides is 1. The highest BCUT2D eigenvalue weighted by Gasteiger charge is 2.20. The summed E-state index contributed by atoms with van der Waals surface area (Å²) in [5.41, 5.74) is 1.65. The van der Waals surface area contributed by atoms with Crippen LogP contribution in [-0.4, -0.2) is 53.4 Å². The molecular weight excluding hydrogens is 451 g/mol. The van der Waals surface area contributed by atoms with Crippen molar-refractivity contribution in [2.24, 2.45) is 0 Å². The summed E-state index contributed by atoms with van der Waals surface area (Å²) < 4.78 is 18.6. The van der Waals surface area contributed by atoms with Crippen molar-refractivity contribution < 1.29 is 13.9 Å². The quantitative estimate of drug-likeness (QED) is 0.528. The summed E-state index contributed by atoms with van der Waals surface area (Å²) in [6.45, 7) is 4.87. The molecule has 6 nitrogen and oxygen atoms in total. The number of benzene rings is 2. The normalized spacial score (nSPS) is 14.9. The van der Waals surface area contributed by atoms with Crippen LogP contribution in [0.5, 0.6) is 5.75 Å².